The SMILES string of the molecule is CO[SiH](CCCCCC(C)C)OC. The van der Waals surface area contributed by atoms with Gasteiger partial charge in [-0.2, -0.15) is 0 Å². The van der Waals surface area contributed by atoms with Gasteiger partial charge in [0.15, 0.2) is 0 Å². The third-order valence-electron chi connectivity index (χ3n) is 2.25. The Morgan fingerprint density at radius 2 is 1.62 bits per heavy atom. The molecule has 0 amide bonds. The standard InChI is InChI=1S/C10H24O2Si/c1-10(2)8-6-5-7-9-13(11-3)12-4/h10,13H,5-9H2,1-4H3. The molecule has 0 heterocycles. The lowest BCUT2D eigenvalue weighted by molar-refractivity contribution is 0.276. The molecule has 2 nitrogen and oxygen atoms in total. The first kappa shape index (κ1) is 13.1. The van der Waals surface area contributed by atoms with Crippen LogP contribution < -0.4 is 0 Å². The quantitative estimate of drug-likeness (QED) is 0.447. The van der Waals surface area contributed by atoms with Gasteiger partial charge in [-0.1, -0.05) is 39.5 Å². The van der Waals surface area contributed by atoms with Gasteiger partial charge in [0, 0.05) is 14.2 Å². The maximum atomic E-state index is 5.24. The van der Waals surface area contributed by atoms with E-state index in [-0.39, 0.29) is 0 Å². The van der Waals surface area contributed by atoms with Crippen LogP contribution >= 0.6 is 0 Å². The summed E-state index contributed by atoms with van der Waals surface area (Å²) in [4.78, 5) is 0. The second-order valence-electron chi connectivity index (χ2n) is 3.93. The van der Waals surface area contributed by atoms with E-state index >= 15 is 0 Å². The largest absolute Gasteiger partial charge is 0.400 e. The van der Waals surface area contributed by atoms with Crippen molar-refractivity contribution in [2.24, 2.45) is 5.92 Å². The zero-order chi connectivity index (χ0) is 10.1. The van der Waals surface area contributed by atoms with Crippen LogP contribution in [0.2, 0.25) is 6.04 Å². The first-order valence-corrected chi connectivity index (χ1v) is 7.02. The van der Waals surface area contributed by atoms with E-state index in [1.165, 1.54) is 25.7 Å². The topological polar surface area (TPSA) is 18.5 Å². The van der Waals surface area contributed by atoms with Crippen molar-refractivity contribution in [2.45, 2.75) is 45.6 Å². The predicted octanol–water partition coefficient (Wildman–Crippen LogP) is 2.72. The molecule has 0 fully saturated rings. The van der Waals surface area contributed by atoms with Crippen LogP contribution in [-0.2, 0) is 8.85 Å². The van der Waals surface area contributed by atoms with Crippen LogP contribution in [0.4, 0.5) is 0 Å². The normalized spacial score (nSPS) is 11.5. The first-order valence-electron chi connectivity index (χ1n) is 5.26. The maximum Gasteiger partial charge on any atom is 0.320 e. The molecule has 80 valence electrons. The Labute approximate surface area is 84.5 Å². The molecule has 13 heavy (non-hydrogen) atoms. The van der Waals surface area contributed by atoms with Crippen molar-refractivity contribution in [2.75, 3.05) is 14.2 Å². The minimum absolute atomic E-state index is 0.845. The van der Waals surface area contributed by atoms with Gasteiger partial charge in [0.2, 0.25) is 0 Å². The van der Waals surface area contributed by atoms with Crippen molar-refractivity contribution < 1.29 is 8.85 Å². The summed E-state index contributed by atoms with van der Waals surface area (Å²) < 4.78 is 10.5. The molecule has 0 aromatic carbocycles. The number of rotatable bonds is 8. The molecular formula is C10H24O2Si. The van der Waals surface area contributed by atoms with Gasteiger partial charge >= 0.3 is 9.28 Å². The highest BCUT2D eigenvalue weighted by Crippen LogP contribution is 2.11. The van der Waals surface area contributed by atoms with Gasteiger partial charge in [-0.05, 0) is 12.0 Å². The summed E-state index contributed by atoms with van der Waals surface area (Å²) >= 11 is 0. The average Bonchev–Trinajstić information content (AvgIpc) is 2.11. The molecule has 3 heteroatoms. The minimum atomic E-state index is -1.26. The number of unbranched alkanes of at least 4 members (excludes halogenated alkanes) is 2. The molecule has 0 rings (SSSR count). The molecule has 0 atom stereocenters. The molecule has 0 aliphatic carbocycles. The lowest BCUT2D eigenvalue weighted by atomic mass is 10.1. The molecular weight excluding hydrogens is 180 g/mol. The van der Waals surface area contributed by atoms with Gasteiger partial charge in [-0.15, -0.1) is 0 Å². The van der Waals surface area contributed by atoms with E-state index in [1.54, 1.807) is 14.2 Å². The Morgan fingerprint density at radius 1 is 1.00 bits per heavy atom. The molecule has 0 bridgehead atoms. The molecule has 0 aliphatic rings. The van der Waals surface area contributed by atoms with Crippen LogP contribution in [0, 0.1) is 5.92 Å². The summed E-state index contributed by atoms with van der Waals surface area (Å²) in [6.45, 7) is 4.56. The van der Waals surface area contributed by atoms with Crippen LogP contribution in [0.5, 0.6) is 0 Å². The maximum absolute atomic E-state index is 5.24. The van der Waals surface area contributed by atoms with Gasteiger partial charge in [0.05, 0.1) is 0 Å². The highest BCUT2D eigenvalue weighted by Gasteiger charge is 2.07. The van der Waals surface area contributed by atoms with Crippen molar-refractivity contribution in [3.05, 3.63) is 0 Å². The van der Waals surface area contributed by atoms with Crippen molar-refractivity contribution in [3.8, 4) is 0 Å². The van der Waals surface area contributed by atoms with Crippen LogP contribution in [0.3, 0.4) is 0 Å². The molecule has 0 N–H and O–H groups in total. The fourth-order valence-corrected chi connectivity index (χ4v) is 2.66. The fraction of sp³-hybridized carbons (Fsp3) is 1.00. The molecule has 0 unspecified atom stereocenters. The summed E-state index contributed by atoms with van der Waals surface area (Å²) in [6, 6.07) is 1.16. The Kier molecular flexibility index (Phi) is 8.81. The summed E-state index contributed by atoms with van der Waals surface area (Å²) in [6.07, 6.45) is 5.30. The highest BCUT2D eigenvalue weighted by molar-refractivity contribution is 6.44. The van der Waals surface area contributed by atoms with Crippen molar-refractivity contribution in [1.82, 2.24) is 0 Å². The van der Waals surface area contributed by atoms with Gasteiger partial charge < -0.3 is 8.85 Å². The Morgan fingerprint density at radius 3 is 2.08 bits per heavy atom. The monoisotopic (exact) mass is 204 g/mol. The van der Waals surface area contributed by atoms with E-state index in [4.69, 9.17) is 8.85 Å². The Bertz CT molecular complexity index is 103. The van der Waals surface area contributed by atoms with E-state index in [0.29, 0.717) is 0 Å². The molecule has 0 aromatic rings. The predicted molar refractivity (Wildman–Crippen MR) is 59.3 cm³/mol. The van der Waals surface area contributed by atoms with E-state index in [2.05, 4.69) is 13.8 Å². The van der Waals surface area contributed by atoms with Gasteiger partial charge in [0.1, 0.15) is 0 Å². The molecule has 0 aromatic heterocycles. The van der Waals surface area contributed by atoms with Crippen LogP contribution in [0.15, 0.2) is 0 Å². The van der Waals surface area contributed by atoms with E-state index < -0.39 is 9.28 Å². The Balaban J connectivity index is 3.14. The minimum Gasteiger partial charge on any atom is -0.400 e. The summed E-state index contributed by atoms with van der Waals surface area (Å²) in [5.74, 6) is 0.845. The lowest BCUT2D eigenvalue weighted by Gasteiger charge is -2.10. The van der Waals surface area contributed by atoms with Crippen LogP contribution in [0.1, 0.15) is 39.5 Å². The second kappa shape index (κ2) is 8.72. The zero-order valence-corrected chi connectivity index (χ0v) is 10.7. The van der Waals surface area contributed by atoms with Gasteiger partial charge in [0.25, 0.3) is 0 Å². The average molecular weight is 204 g/mol. The third-order valence-corrected chi connectivity index (χ3v) is 4.18. The first-order chi connectivity index (χ1) is 6.20. The van der Waals surface area contributed by atoms with E-state index in [1.807, 2.05) is 0 Å². The van der Waals surface area contributed by atoms with Crippen molar-refractivity contribution in [1.29, 1.82) is 0 Å². The fourth-order valence-electron chi connectivity index (χ4n) is 1.37. The second-order valence-corrected chi connectivity index (χ2v) is 6.31. The molecule has 0 aliphatic heterocycles. The van der Waals surface area contributed by atoms with Gasteiger partial charge in [-0.25, -0.2) is 0 Å². The van der Waals surface area contributed by atoms with Gasteiger partial charge in [-0.3, -0.25) is 0 Å². The van der Waals surface area contributed by atoms with Crippen molar-refractivity contribution in [3.63, 3.8) is 0 Å². The summed E-state index contributed by atoms with van der Waals surface area (Å²) in [5.41, 5.74) is 0. The number of hydrogen-bond donors (Lipinski definition) is 0. The molecule has 0 radical (unpaired) electrons. The molecule has 0 spiro atoms. The Hall–Kier alpha value is 0.137. The summed E-state index contributed by atoms with van der Waals surface area (Å²) in [7, 11) is 2.26. The highest BCUT2D eigenvalue weighted by atomic mass is 28.3. The third kappa shape index (κ3) is 8.47. The van der Waals surface area contributed by atoms with Crippen LogP contribution in [0.25, 0.3) is 0 Å². The lowest BCUT2D eigenvalue weighted by Crippen LogP contribution is -2.18. The van der Waals surface area contributed by atoms with Crippen LogP contribution in [-0.4, -0.2) is 23.5 Å². The zero-order valence-electron chi connectivity index (χ0n) is 9.51. The smallest absolute Gasteiger partial charge is 0.320 e. The molecule has 0 saturated heterocycles. The van der Waals surface area contributed by atoms with E-state index in [0.717, 1.165) is 12.0 Å². The van der Waals surface area contributed by atoms with E-state index in [9.17, 15) is 0 Å². The summed E-state index contributed by atoms with van der Waals surface area (Å²) in [5, 5.41) is 0. The van der Waals surface area contributed by atoms with Crippen molar-refractivity contribution >= 4 is 9.28 Å². The molecule has 0 saturated carbocycles. The number of hydrogen-bond acceptors (Lipinski definition) is 2.